The molecule has 1 aliphatic carbocycles. The normalized spacial score (nSPS) is 26.3. The summed E-state index contributed by atoms with van der Waals surface area (Å²) in [5, 5.41) is 1.11. The molecule has 0 radical (unpaired) electrons. The largest absolute Gasteiger partial charge is 0.331 e. The number of benzene rings is 1. The van der Waals surface area contributed by atoms with Crippen molar-refractivity contribution in [2.24, 2.45) is 5.73 Å². The topological polar surface area (TPSA) is 59.2 Å². The Labute approximate surface area is 124 Å². The van der Waals surface area contributed by atoms with E-state index in [1.54, 1.807) is 0 Å². The third-order valence-corrected chi connectivity index (χ3v) is 4.61. The Morgan fingerprint density at radius 2 is 1.95 bits per heavy atom. The predicted octanol–water partition coefficient (Wildman–Crippen LogP) is 2.39. The molecule has 2 aromatic rings. The highest BCUT2D eigenvalue weighted by Gasteiger charge is 2.43. The Hall–Kier alpha value is -1.94. The number of likely N-dealkylation sites (tertiary alicyclic amines) is 1. The molecule has 1 aromatic carbocycles. The van der Waals surface area contributed by atoms with E-state index >= 15 is 0 Å². The Kier molecular flexibility index (Phi) is 2.93. The van der Waals surface area contributed by atoms with E-state index in [9.17, 15) is 4.79 Å². The highest BCUT2D eigenvalue weighted by molar-refractivity contribution is 5.84. The van der Waals surface area contributed by atoms with Gasteiger partial charge in [0.1, 0.15) is 0 Å². The fourth-order valence-corrected chi connectivity index (χ4v) is 3.47. The summed E-state index contributed by atoms with van der Waals surface area (Å²) in [5.41, 5.74) is 8.47. The maximum absolute atomic E-state index is 12.4. The number of piperidine rings is 1. The summed E-state index contributed by atoms with van der Waals surface area (Å²) >= 11 is 0. The molecule has 0 bridgehead atoms. The zero-order chi connectivity index (χ0) is 14.4. The van der Waals surface area contributed by atoms with Gasteiger partial charge in [-0.15, -0.1) is 0 Å². The molecule has 21 heavy (non-hydrogen) atoms. The van der Waals surface area contributed by atoms with Gasteiger partial charge in [-0.2, -0.15) is 0 Å². The van der Waals surface area contributed by atoms with Crippen LogP contribution in [0.5, 0.6) is 0 Å². The van der Waals surface area contributed by atoms with Gasteiger partial charge < -0.3 is 10.6 Å². The lowest BCUT2D eigenvalue weighted by molar-refractivity contribution is -0.138. The van der Waals surface area contributed by atoms with E-state index in [2.05, 4.69) is 23.2 Å². The summed E-state index contributed by atoms with van der Waals surface area (Å²) < 4.78 is 0. The first-order valence-corrected chi connectivity index (χ1v) is 7.66. The van der Waals surface area contributed by atoms with Crippen LogP contribution in [-0.4, -0.2) is 27.9 Å². The second-order valence-electron chi connectivity index (χ2n) is 6.10. The zero-order valence-corrected chi connectivity index (χ0v) is 11.9. The standard InChI is InChI=1S/C17H19N3O/c18-14-8-9-15(21)20(12-6-7-12)17(14)13-5-1-3-11-4-2-10-19-16(11)13/h1-5,10,12,14,17H,6-9,18H2. The molecular formula is C17H19N3O. The van der Waals surface area contributed by atoms with Crippen LogP contribution < -0.4 is 5.73 Å². The number of hydrogen-bond donors (Lipinski definition) is 1. The molecule has 108 valence electrons. The second-order valence-corrected chi connectivity index (χ2v) is 6.10. The van der Waals surface area contributed by atoms with Gasteiger partial charge in [-0.1, -0.05) is 24.3 Å². The van der Waals surface area contributed by atoms with Gasteiger partial charge in [0, 0.05) is 35.7 Å². The first-order chi connectivity index (χ1) is 10.3. The van der Waals surface area contributed by atoms with Gasteiger partial charge in [0.25, 0.3) is 0 Å². The van der Waals surface area contributed by atoms with Crippen LogP contribution >= 0.6 is 0 Å². The summed E-state index contributed by atoms with van der Waals surface area (Å²) in [4.78, 5) is 19.0. The minimum absolute atomic E-state index is 0.00379. The van der Waals surface area contributed by atoms with Crippen LogP contribution in [0, 0.1) is 0 Å². The van der Waals surface area contributed by atoms with Gasteiger partial charge in [-0.3, -0.25) is 9.78 Å². The van der Waals surface area contributed by atoms with Gasteiger partial charge in [-0.05, 0) is 25.3 Å². The number of hydrogen-bond acceptors (Lipinski definition) is 3. The van der Waals surface area contributed by atoms with Crippen molar-refractivity contribution in [2.45, 2.75) is 43.8 Å². The molecule has 2 fully saturated rings. The van der Waals surface area contributed by atoms with E-state index in [1.165, 1.54) is 0 Å². The van der Waals surface area contributed by atoms with Crippen molar-refractivity contribution in [3.8, 4) is 0 Å². The summed E-state index contributed by atoms with van der Waals surface area (Å²) in [5.74, 6) is 0.247. The molecular weight excluding hydrogens is 262 g/mol. The molecule has 4 heteroatoms. The number of carbonyl (C=O) groups is 1. The molecule has 1 aliphatic heterocycles. The van der Waals surface area contributed by atoms with Crippen molar-refractivity contribution in [3.63, 3.8) is 0 Å². The van der Waals surface area contributed by atoms with E-state index in [4.69, 9.17) is 5.73 Å². The third-order valence-electron chi connectivity index (χ3n) is 4.61. The first kappa shape index (κ1) is 12.8. The fourth-order valence-electron chi connectivity index (χ4n) is 3.47. The van der Waals surface area contributed by atoms with Crippen LogP contribution in [0.2, 0.25) is 0 Å². The molecule has 2 heterocycles. The Bertz CT molecular complexity index is 690. The zero-order valence-electron chi connectivity index (χ0n) is 11.9. The van der Waals surface area contributed by atoms with Crippen molar-refractivity contribution < 1.29 is 4.79 Å². The number of aromatic nitrogens is 1. The number of pyridine rings is 1. The van der Waals surface area contributed by atoms with Crippen LogP contribution in [0.25, 0.3) is 10.9 Å². The average molecular weight is 281 g/mol. The number of fused-ring (bicyclic) bond motifs is 1. The lowest BCUT2D eigenvalue weighted by Gasteiger charge is -2.40. The van der Waals surface area contributed by atoms with Gasteiger partial charge in [0.2, 0.25) is 5.91 Å². The van der Waals surface area contributed by atoms with E-state index in [0.29, 0.717) is 12.5 Å². The molecule has 4 nitrogen and oxygen atoms in total. The molecule has 1 saturated carbocycles. The molecule has 0 spiro atoms. The molecule has 1 amide bonds. The van der Waals surface area contributed by atoms with E-state index in [1.807, 2.05) is 23.2 Å². The lowest BCUT2D eigenvalue weighted by Crippen LogP contribution is -2.49. The molecule has 1 saturated heterocycles. The minimum Gasteiger partial charge on any atom is -0.331 e. The monoisotopic (exact) mass is 281 g/mol. The van der Waals surface area contributed by atoms with Crippen molar-refractivity contribution >= 4 is 16.8 Å². The van der Waals surface area contributed by atoms with Crippen molar-refractivity contribution in [1.29, 1.82) is 0 Å². The quantitative estimate of drug-likeness (QED) is 0.919. The van der Waals surface area contributed by atoms with E-state index in [-0.39, 0.29) is 18.0 Å². The summed E-state index contributed by atoms with van der Waals surface area (Å²) in [6.45, 7) is 0. The number of nitrogens with two attached hydrogens (primary N) is 1. The highest BCUT2D eigenvalue weighted by atomic mass is 16.2. The van der Waals surface area contributed by atoms with Crippen LogP contribution in [0.1, 0.15) is 37.3 Å². The Morgan fingerprint density at radius 3 is 2.76 bits per heavy atom. The lowest BCUT2D eigenvalue weighted by atomic mass is 9.89. The van der Waals surface area contributed by atoms with Crippen molar-refractivity contribution in [3.05, 3.63) is 42.1 Å². The first-order valence-electron chi connectivity index (χ1n) is 7.66. The van der Waals surface area contributed by atoms with Gasteiger partial charge in [-0.25, -0.2) is 0 Å². The number of carbonyl (C=O) groups excluding carboxylic acids is 1. The Balaban J connectivity index is 1.86. The average Bonchev–Trinajstić information content (AvgIpc) is 3.33. The SMILES string of the molecule is NC1CCC(=O)N(C2CC2)C1c1cccc2cccnc12. The van der Waals surface area contributed by atoms with Gasteiger partial charge in [0.15, 0.2) is 0 Å². The molecule has 2 N–H and O–H groups in total. The fraction of sp³-hybridized carbons (Fsp3) is 0.412. The van der Waals surface area contributed by atoms with Crippen LogP contribution in [0.4, 0.5) is 0 Å². The van der Waals surface area contributed by atoms with E-state index < -0.39 is 0 Å². The summed E-state index contributed by atoms with van der Waals surface area (Å²) in [6.07, 6.45) is 5.35. The van der Waals surface area contributed by atoms with Gasteiger partial charge >= 0.3 is 0 Å². The maximum Gasteiger partial charge on any atom is 0.223 e. The third kappa shape index (κ3) is 2.10. The number of amides is 1. The van der Waals surface area contributed by atoms with Crippen molar-refractivity contribution in [1.82, 2.24) is 9.88 Å². The maximum atomic E-state index is 12.4. The van der Waals surface area contributed by atoms with Crippen LogP contribution in [0.15, 0.2) is 36.5 Å². The van der Waals surface area contributed by atoms with Gasteiger partial charge in [0.05, 0.1) is 11.6 Å². The number of nitrogens with zero attached hydrogens (tertiary/aromatic N) is 2. The highest BCUT2D eigenvalue weighted by Crippen LogP contribution is 2.41. The van der Waals surface area contributed by atoms with E-state index in [0.717, 1.165) is 35.7 Å². The molecule has 1 aromatic heterocycles. The second kappa shape index (κ2) is 4.81. The number of para-hydroxylation sites is 1. The summed E-state index contributed by atoms with van der Waals surface area (Å²) in [7, 11) is 0. The molecule has 2 unspecified atom stereocenters. The van der Waals surface area contributed by atoms with Crippen LogP contribution in [-0.2, 0) is 4.79 Å². The number of rotatable bonds is 2. The molecule has 4 rings (SSSR count). The van der Waals surface area contributed by atoms with Crippen LogP contribution in [0.3, 0.4) is 0 Å². The summed E-state index contributed by atoms with van der Waals surface area (Å²) in [6, 6.07) is 10.5. The Morgan fingerprint density at radius 1 is 1.14 bits per heavy atom. The molecule has 2 atom stereocenters. The predicted molar refractivity (Wildman–Crippen MR) is 81.6 cm³/mol. The molecule has 2 aliphatic rings. The smallest absolute Gasteiger partial charge is 0.223 e. The minimum atomic E-state index is -0.0302. The van der Waals surface area contributed by atoms with Crippen molar-refractivity contribution in [2.75, 3.05) is 0 Å².